The van der Waals surface area contributed by atoms with Gasteiger partial charge in [0.1, 0.15) is 11.6 Å². The third kappa shape index (κ3) is 2.27. The summed E-state index contributed by atoms with van der Waals surface area (Å²) in [4.78, 5) is 0. The molecule has 0 aliphatic carbocycles. The highest BCUT2D eigenvalue weighted by molar-refractivity contribution is 5.95. The number of fused-ring (bicyclic) bond motifs is 1. The second kappa shape index (κ2) is 5.21. The minimum atomic E-state index is -0.299. The van der Waals surface area contributed by atoms with Crippen LogP contribution < -0.4 is 0 Å². The number of halogens is 1. The largest absolute Gasteiger partial charge is 0.507 e. The first-order valence-electron chi connectivity index (χ1n) is 7.09. The van der Waals surface area contributed by atoms with E-state index >= 15 is 0 Å². The van der Waals surface area contributed by atoms with E-state index in [1.54, 1.807) is 12.1 Å². The molecule has 0 aromatic heterocycles. The first-order chi connectivity index (χ1) is 10.1. The number of hydrogen-bond donors (Lipinski definition) is 1. The van der Waals surface area contributed by atoms with Crippen molar-refractivity contribution in [3.05, 3.63) is 66.0 Å². The number of aromatic hydroxyl groups is 1. The summed E-state index contributed by atoms with van der Waals surface area (Å²) in [5.74, 6) is 0.0217. The van der Waals surface area contributed by atoms with Crippen molar-refractivity contribution >= 4 is 10.8 Å². The molecule has 0 bridgehead atoms. The van der Waals surface area contributed by atoms with Crippen molar-refractivity contribution in [2.24, 2.45) is 0 Å². The second-order valence-corrected chi connectivity index (χ2v) is 5.54. The Morgan fingerprint density at radius 2 is 1.67 bits per heavy atom. The van der Waals surface area contributed by atoms with Crippen LogP contribution in [-0.4, -0.2) is 5.11 Å². The highest BCUT2D eigenvalue weighted by Crippen LogP contribution is 2.40. The molecule has 3 rings (SSSR count). The number of hydrogen-bond acceptors (Lipinski definition) is 1. The molecule has 2 heteroatoms. The molecule has 0 spiro atoms. The van der Waals surface area contributed by atoms with Gasteiger partial charge in [0, 0.05) is 16.5 Å². The number of rotatable bonds is 2. The van der Waals surface area contributed by atoms with E-state index in [0.717, 1.165) is 16.3 Å². The van der Waals surface area contributed by atoms with Gasteiger partial charge in [-0.25, -0.2) is 4.39 Å². The predicted octanol–water partition coefficient (Wildman–Crippen LogP) is 5.47. The molecule has 0 amide bonds. The summed E-state index contributed by atoms with van der Waals surface area (Å²) in [6.45, 7) is 4.05. The zero-order valence-electron chi connectivity index (χ0n) is 12.1. The summed E-state index contributed by atoms with van der Waals surface area (Å²) in [5.41, 5.74) is 1.95. The Hall–Kier alpha value is -2.35. The quantitative estimate of drug-likeness (QED) is 0.659. The Balaban J connectivity index is 2.34. The van der Waals surface area contributed by atoms with Crippen LogP contribution in [0.25, 0.3) is 21.9 Å². The molecule has 21 heavy (non-hydrogen) atoms. The fraction of sp³-hybridized carbons (Fsp3) is 0.158. The molecule has 106 valence electrons. The van der Waals surface area contributed by atoms with Gasteiger partial charge in [0.25, 0.3) is 0 Å². The van der Waals surface area contributed by atoms with E-state index in [4.69, 9.17) is 0 Å². The standard InChI is InChI=1S/C19H17FO/c1-12(2)14-8-5-9-17(20)18(14)16-11-10-13-6-3-4-7-15(13)19(16)21/h3-12,21H,1-2H3. The van der Waals surface area contributed by atoms with Crippen LogP contribution in [0.1, 0.15) is 25.3 Å². The van der Waals surface area contributed by atoms with E-state index in [2.05, 4.69) is 0 Å². The summed E-state index contributed by atoms with van der Waals surface area (Å²) in [6, 6.07) is 16.4. The number of benzene rings is 3. The Morgan fingerprint density at radius 3 is 2.43 bits per heavy atom. The maximum atomic E-state index is 14.4. The molecule has 0 aliphatic heterocycles. The van der Waals surface area contributed by atoms with E-state index in [-0.39, 0.29) is 17.5 Å². The van der Waals surface area contributed by atoms with Crippen molar-refractivity contribution < 1.29 is 9.50 Å². The highest BCUT2D eigenvalue weighted by atomic mass is 19.1. The van der Waals surface area contributed by atoms with Crippen molar-refractivity contribution in [3.8, 4) is 16.9 Å². The van der Waals surface area contributed by atoms with Gasteiger partial charge in [-0.05, 0) is 29.0 Å². The van der Waals surface area contributed by atoms with E-state index < -0.39 is 0 Å². The minimum absolute atomic E-state index is 0.139. The maximum Gasteiger partial charge on any atom is 0.131 e. The second-order valence-electron chi connectivity index (χ2n) is 5.54. The summed E-state index contributed by atoms with van der Waals surface area (Å²) < 4.78 is 14.4. The molecule has 0 unspecified atom stereocenters. The van der Waals surface area contributed by atoms with Crippen molar-refractivity contribution in [2.45, 2.75) is 19.8 Å². The van der Waals surface area contributed by atoms with Crippen molar-refractivity contribution in [1.82, 2.24) is 0 Å². The lowest BCUT2D eigenvalue weighted by Crippen LogP contribution is -1.96. The highest BCUT2D eigenvalue weighted by Gasteiger charge is 2.17. The summed E-state index contributed by atoms with van der Waals surface area (Å²) in [6.07, 6.45) is 0. The third-order valence-electron chi connectivity index (χ3n) is 3.84. The summed E-state index contributed by atoms with van der Waals surface area (Å²) in [5, 5.41) is 12.3. The van der Waals surface area contributed by atoms with Crippen LogP contribution in [0.15, 0.2) is 54.6 Å². The molecular formula is C19H17FO. The first kappa shape index (κ1) is 13.6. The van der Waals surface area contributed by atoms with Crippen molar-refractivity contribution in [3.63, 3.8) is 0 Å². The molecule has 3 aromatic carbocycles. The third-order valence-corrected chi connectivity index (χ3v) is 3.84. The molecule has 3 aromatic rings. The fourth-order valence-electron chi connectivity index (χ4n) is 2.76. The molecule has 0 atom stereocenters. The Morgan fingerprint density at radius 1 is 0.905 bits per heavy atom. The van der Waals surface area contributed by atoms with Crippen LogP contribution >= 0.6 is 0 Å². The number of phenols is 1. The van der Waals surface area contributed by atoms with Crippen LogP contribution in [0.2, 0.25) is 0 Å². The number of phenolic OH excluding ortho intramolecular Hbond substituents is 1. The van der Waals surface area contributed by atoms with Gasteiger partial charge in [-0.15, -0.1) is 0 Å². The van der Waals surface area contributed by atoms with Crippen molar-refractivity contribution in [2.75, 3.05) is 0 Å². The lowest BCUT2D eigenvalue weighted by atomic mass is 9.90. The molecule has 0 heterocycles. The van der Waals surface area contributed by atoms with Gasteiger partial charge in [0.05, 0.1) is 0 Å². The zero-order chi connectivity index (χ0) is 15.0. The van der Waals surface area contributed by atoms with Crippen LogP contribution in [-0.2, 0) is 0 Å². The molecule has 0 radical (unpaired) electrons. The average Bonchev–Trinajstić information content (AvgIpc) is 2.48. The molecule has 0 saturated carbocycles. The maximum absolute atomic E-state index is 14.4. The minimum Gasteiger partial charge on any atom is -0.507 e. The van der Waals surface area contributed by atoms with Gasteiger partial charge in [-0.1, -0.05) is 56.3 Å². The molecular weight excluding hydrogens is 263 g/mol. The van der Waals surface area contributed by atoms with Gasteiger partial charge in [-0.2, -0.15) is 0 Å². The van der Waals surface area contributed by atoms with Gasteiger partial charge in [0.15, 0.2) is 0 Å². The fourth-order valence-corrected chi connectivity index (χ4v) is 2.76. The van der Waals surface area contributed by atoms with Gasteiger partial charge in [-0.3, -0.25) is 0 Å². The molecule has 1 nitrogen and oxygen atoms in total. The van der Waals surface area contributed by atoms with Crippen LogP contribution in [0.4, 0.5) is 4.39 Å². The normalized spacial score (nSPS) is 11.2. The van der Waals surface area contributed by atoms with Gasteiger partial charge >= 0.3 is 0 Å². The van der Waals surface area contributed by atoms with Gasteiger partial charge in [0.2, 0.25) is 0 Å². The Labute approximate surface area is 123 Å². The molecule has 0 fully saturated rings. The summed E-state index contributed by atoms with van der Waals surface area (Å²) >= 11 is 0. The smallest absolute Gasteiger partial charge is 0.131 e. The SMILES string of the molecule is CC(C)c1cccc(F)c1-c1ccc2ccccc2c1O. The Kier molecular flexibility index (Phi) is 3.38. The first-order valence-corrected chi connectivity index (χ1v) is 7.09. The zero-order valence-corrected chi connectivity index (χ0v) is 12.1. The van der Waals surface area contributed by atoms with Gasteiger partial charge < -0.3 is 5.11 Å². The van der Waals surface area contributed by atoms with E-state index in [1.807, 2.05) is 50.2 Å². The average molecular weight is 280 g/mol. The van der Waals surface area contributed by atoms with Crippen LogP contribution in [0.5, 0.6) is 5.75 Å². The lowest BCUT2D eigenvalue weighted by Gasteiger charge is -2.16. The Bertz CT molecular complexity index is 806. The summed E-state index contributed by atoms with van der Waals surface area (Å²) in [7, 11) is 0. The van der Waals surface area contributed by atoms with Crippen molar-refractivity contribution in [1.29, 1.82) is 0 Å². The van der Waals surface area contributed by atoms with E-state index in [0.29, 0.717) is 11.1 Å². The van der Waals surface area contributed by atoms with Crippen LogP contribution in [0.3, 0.4) is 0 Å². The molecule has 1 N–H and O–H groups in total. The molecule has 0 saturated heterocycles. The monoisotopic (exact) mass is 280 g/mol. The van der Waals surface area contributed by atoms with E-state index in [9.17, 15) is 9.50 Å². The van der Waals surface area contributed by atoms with E-state index in [1.165, 1.54) is 6.07 Å². The predicted molar refractivity (Wildman–Crippen MR) is 85.1 cm³/mol. The van der Waals surface area contributed by atoms with Crippen LogP contribution in [0, 0.1) is 5.82 Å². The molecule has 0 aliphatic rings. The topological polar surface area (TPSA) is 20.2 Å². The lowest BCUT2D eigenvalue weighted by molar-refractivity contribution is 0.483.